The fourth-order valence-corrected chi connectivity index (χ4v) is 3.15. The summed E-state index contributed by atoms with van der Waals surface area (Å²) >= 11 is 0. The molecule has 2 amide bonds. The number of anilines is 3. The third-order valence-corrected chi connectivity index (χ3v) is 4.55. The smallest absolute Gasteiger partial charge is 0.266 e. The van der Waals surface area contributed by atoms with Gasteiger partial charge in [0.05, 0.1) is 5.69 Å². The quantitative estimate of drug-likeness (QED) is 0.809. The van der Waals surface area contributed by atoms with Crippen LogP contribution in [0, 0.1) is 13.8 Å². The van der Waals surface area contributed by atoms with Crippen molar-refractivity contribution in [3.8, 4) is 5.88 Å². The Morgan fingerprint density at radius 2 is 1.73 bits per heavy atom. The second-order valence-corrected chi connectivity index (χ2v) is 6.59. The van der Waals surface area contributed by atoms with Crippen LogP contribution in [0.4, 0.5) is 17.2 Å². The number of hydrogen-bond donors (Lipinski definition) is 0. The maximum absolute atomic E-state index is 12.5. The van der Waals surface area contributed by atoms with Gasteiger partial charge in [-0.1, -0.05) is 0 Å². The number of pyridine rings is 2. The van der Waals surface area contributed by atoms with Gasteiger partial charge >= 0.3 is 0 Å². The second kappa shape index (κ2) is 5.98. The van der Waals surface area contributed by atoms with Crippen molar-refractivity contribution < 1.29 is 14.3 Å². The number of fused-ring (bicyclic) bond motifs is 2. The van der Waals surface area contributed by atoms with E-state index in [0.29, 0.717) is 17.4 Å². The first-order chi connectivity index (χ1) is 12.4. The van der Waals surface area contributed by atoms with Crippen molar-refractivity contribution in [1.29, 1.82) is 0 Å². The fourth-order valence-electron chi connectivity index (χ4n) is 3.15. The normalized spacial score (nSPS) is 16.3. The van der Waals surface area contributed by atoms with Crippen molar-refractivity contribution in [2.75, 3.05) is 41.6 Å². The summed E-state index contributed by atoms with van der Waals surface area (Å²) < 4.78 is 5.42. The first-order valence-electron chi connectivity index (χ1n) is 8.32. The maximum atomic E-state index is 12.5. The summed E-state index contributed by atoms with van der Waals surface area (Å²) in [7, 11) is 1.74. The Bertz CT molecular complexity index is 914. The average molecular weight is 353 g/mol. The van der Waals surface area contributed by atoms with Gasteiger partial charge in [-0.25, -0.2) is 9.97 Å². The van der Waals surface area contributed by atoms with Crippen molar-refractivity contribution in [1.82, 2.24) is 9.97 Å². The maximum Gasteiger partial charge on any atom is 0.266 e. The van der Waals surface area contributed by atoms with Gasteiger partial charge in [0.1, 0.15) is 18.9 Å². The summed E-state index contributed by atoms with van der Waals surface area (Å²) in [6.07, 6.45) is 3.46. The predicted octanol–water partition coefficient (Wildman–Crippen LogP) is 1.26. The molecule has 0 saturated carbocycles. The third-order valence-electron chi connectivity index (χ3n) is 4.55. The van der Waals surface area contributed by atoms with Crippen molar-refractivity contribution >= 4 is 29.0 Å². The summed E-state index contributed by atoms with van der Waals surface area (Å²) in [6, 6.07) is 3.79. The van der Waals surface area contributed by atoms with Crippen LogP contribution in [0.5, 0.6) is 5.88 Å². The molecule has 0 N–H and O–H groups in total. The highest BCUT2D eigenvalue weighted by atomic mass is 16.5. The van der Waals surface area contributed by atoms with Gasteiger partial charge in [0, 0.05) is 19.4 Å². The number of aromatic nitrogens is 2. The molecule has 2 aromatic rings. The monoisotopic (exact) mass is 353 g/mol. The van der Waals surface area contributed by atoms with Crippen molar-refractivity contribution in [2.24, 2.45) is 0 Å². The number of carbonyl (C=O) groups is 2. The number of carbonyl (C=O) groups excluding carboxylic acids is 2. The van der Waals surface area contributed by atoms with Gasteiger partial charge in [0.25, 0.3) is 5.91 Å². The van der Waals surface area contributed by atoms with Gasteiger partial charge in [-0.15, -0.1) is 0 Å². The van der Waals surface area contributed by atoms with E-state index in [1.807, 2.05) is 30.9 Å². The summed E-state index contributed by atoms with van der Waals surface area (Å²) in [6.45, 7) is 4.13. The van der Waals surface area contributed by atoms with Gasteiger partial charge in [-0.3, -0.25) is 14.5 Å². The minimum absolute atomic E-state index is 0.0480. The van der Waals surface area contributed by atoms with Gasteiger partial charge in [-0.05, 0) is 37.1 Å². The summed E-state index contributed by atoms with van der Waals surface area (Å²) in [5.74, 6) is 0.880. The van der Waals surface area contributed by atoms with Crippen LogP contribution in [0.2, 0.25) is 0 Å². The summed E-state index contributed by atoms with van der Waals surface area (Å²) in [5.41, 5.74) is 3.25. The molecule has 0 bridgehead atoms. The van der Waals surface area contributed by atoms with E-state index in [1.165, 1.54) is 0 Å². The van der Waals surface area contributed by atoms with Crippen molar-refractivity contribution in [3.05, 3.63) is 35.7 Å². The molecule has 26 heavy (non-hydrogen) atoms. The van der Waals surface area contributed by atoms with E-state index < -0.39 is 0 Å². The lowest BCUT2D eigenvalue weighted by Crippen LogP contribution is -2.52. The van der Waals surface area contributed by atoms with Crippen molar-refractivity contribution in [2.45, 2.75) is 13.8 Å². The largest absolute Gasteiger partial charge is 0.466 e. The zero-order valence-corrected chi connectivity index (χ0v) is 14.9. The molecule has 0 aliphatic carbocycles. The highest BCUT2D eigenvalue weighted by Crippen LogP contribution is 2.34. The van der Waals surface area contributed by atoms with Crippen LogP contribution in [0.15, 0.2) is 24.5 Å². The van der Waals surface area contributed by atoms with Gasteiger partial charge in [-0.2, -0.15) is 0 Å². The Labute approximate surface area is 151 Å². The molecule has 4 heterocycles. The number of hydrogen-bond acceptors (Lipinski definition) is 6. The number of rotatable bonds is 2. The highest BCUT2D eigenvalue weighted by molar-refractivity contribution is 6.03. The lowest BCUT2D eigenvalue weighted by atomic mass is 10.2. The second-order valence-electron chi connectivity index (χ2n) is 6.59. The van der Waals surface area contributed by atoms with E-state index in [2.05, 4.69) is 9.97 Å². The molecule has 134 valence electrons. The predicted molar refractivity (Wildman–Crippen MR) is 96.6 cm³/mol. The molecule has 0 aromatic carbocycles. The Balaban J connectivity index is 1.72. The molecule has 0 fully saturated rings. The molecule has 2 aromatic heterocycles. The van der Waals surface area contributed by atoms with Gasteiger partial charge in [0.2, 0.25) is 11.8 Å². The van der Waals surface area contributed by atoms with Crippen LogP contribution in [0.25, 0.3) is 0 Å². The molecule has 0 saturated heterocycles. The third kappa shape index (κ3) is 2.63. The Kier molecular flexibility index (Phi) is 3.75. The molecule has 0 radical (unpaired) electrons. The molecular weight excluding hydrogens is 334 g/mol. The molecule has 0 spiro atoms. The average Bonchev–Trinajstić information content (AvgIpc) is 2.61. The molecule has 4 rings (SSSR count). The molecule has 8 nitrogen and oxygen atoms in total. The van der Waals surface area contributed by atoms with Crippen LogP contribution in [0.1, 0.15) is 11.1 Å². The van der Waals surface area contributed by atoms with E-state index in [1.54, 1.807) is 29.2 Å². The topological polar surface area (TPSA) is 78.9 Å². The number of amides is 2. The minimum Gasteiger partial charge on any atom is -0.466 e. The molecule has 8 heteroatoms. The number of aryl methyl sites for hydroxylation is 2. The van der Waals surface area contributed by atoms with E-state index in [-0.39, 0.29) is 31.6 Å². The molecular formula is C18H19N5O3. The van der Waals surface area contributed by atoms with Gasteiger partial charge in [0.15, 0.2) is 12.4 Å². The molecule has 0 unspecified atom stereocenters. The molecule has 2 aliphatic rings. The van der Waals surface area contributed by atoms with E-state index in [0.717, 1.165) is 16.8 Å². The summed E-state index contributed by atoms with van der Waals surface area (Å²) in [4.78, 5) is 38.7. The lowest BCUT2D eigenvalue weighted by Gasteiger charge is -2.38. The summed E-state index contributed by atoms with van der Waals surface area (Å²) in [5, 5.41) is 0. The molecule has 2 aliphatic heterocycles. The fraction of sp³-hybridized carbons (Fsp3) is 0.333. The Hall–Kier alpha value is -3.16. The standard InChI is InChI=1S/C18H19N5O3/c1-11-4-13-17(19-6-11)22(8-15(24)21(13)3)10-23-14-5-12(2)7-20-18(14)26-9-16(23)25/h4-7H,8-10H2,1-3H3. The first kappa shape index (κ1) is 16.3. The van der Waals surface area contributed by atoms with Crippen LogP contribution in [0.3, 0.4) is 0 Å². The van der Waals surface area contributed by atoms with Crippen LogP contribution < -0.4 is 19.4 Å². The Morgan fingerprint density at radius 1 is 1.04 bits per heavy atom. The lowest BCUT2D eigenvalue weighted by molar-refractivity contribution is -0.121. The van der Waals surface area contributed by atoms with E-state index in [9.17, 15) is 9.59 Å². The van der Waals surface area contributed by atoms with Crippen molar-refractivity contribution in [3.63, 3.8) is 0 Å². The number of ether oxygens (including phenoxy) is 1. The number of likely N-dealkylation sites (N-methyl/N-ethyl adjacent to an activating group) is 1. The van der Waals surface area contributed by atoms with E-state index in [4.69, 9.17) is 4.74 Å². The van der Waals surface area contributed by atoms with Crippen LogP contribution in [-0.2, 0) is 9.59 Å². The van der Waals surface area contributed by atoms with Crippen LogP contribution >= 0.6 is 0 Å². The molecule has 0 atom stereocenters. The van der Waals surface area contributed by atoms with E-state index >= 15 is 0 Å². The zero-order chi connectivity index (χ0) is 18.4. The SMILES string of the molecule is Cc1cnc2c(c1)N(C)C(=O)CN2CN1C(=O)COc2ncc(C)cc21. The first-order valence-corrected chi connectivity index (χ1v) is 8.32. The minimum atomic E-state index is -0.176. The zero-order valence-electron chi connectivity index (χ0n) is 14.9. The van der Waals surface area contributed by atoms with Gasteiger partial charge < -0.3 is 14.5 Å². The van der Waals surface area contributed by atoms with Crippen LogP contribution in [-0.4, -0.2) is 48.7 Å². The Morgan fingerprint density at radius 3 is 2.50 bits per heavy atom. The highest BCUT2D eigenvalue weighted by Gasteiger charge is 2.33. The number of nitrogens with zero attached hydrogens (tertiary/aromatic N) is 5.